The molecule has 0 bridgehead atoms. The Balaban J connectivity index is 1.86. The van der Waals surface area contributed by atoms with Crippen LogP contribution in [0, 0.1) is 6.92 Å². The zero-order valence-corrected chi connectivity index (χ0v) is 11.4. The highest BCUT2D eigenvalue weighted by atomic mass is 31.2. The predicted molar refractivity (Wildman–Crippen MR) is 67.7 cm³/mol. The highest BCUT2D eigenvalue weighted by Gasteiger charge is 2.48. The molecule has 2 saturated heterocycles. The summed E-state index contributed by atoms with van der Waals surface area (Å²) in [6, 6.07) is 1.74. The first-order chi connectivity index (χ1) is 8.61. The molecule has 0 saturated carbocycles. The van der Waals surface area contributed by atoms with Gasteiger partial charge in [0.2, 0.25) is 11.8 Å². The molecule has 0 amide bonds. The number of hydrogen-bond acceptors (Lipinski definition) is 4. The molecule has 0 radical (unpaired) electrons. The van der Waals surface area contributed by atoms with Gasteiger partial charge in [0.25, 0.3) is 0 Å². The number of rotatable bonds is 5. The minimum atomic E-state index is -2.68. The van der Waals surface area contributed by atoms with E-state index in [9.17, 15) is 4.57 Å². The molecule has 1 aromatic heterocycles. The number of anilines is 1. The molecule has 98 valence electrons. The van der Waals surface area contributed by atoms with E-state index in [4.69, 9.17) is 4.74 Å². The van der Waals surface area contributed by atoms with Crippen LogP contribution in [0.25, 0.3) is 0 Å². The molecule has 8 heteroatoms. The maximum atomic E-state index is 12.8. The fourth-order valence-electron chi connectivity index (χ4n) is 1.78. The highest BCUT2D eigenvalue weighted by Crippen LogP contribution is 2.59. The highest BCUT2D eigenvalue weighted by molar-refractivity contribution is 7.61. The average Bonchev–Trinajstić information content (AvgIpc) is 3.19. The van der Waals surface area contributed by atoms with Crippen molar-refractivity contribution in [3.05, 3.63) is 11.8 Å². The van der Waals surface area contributed by atoms with Crippen molar-refractivity contribution in [2.75, 3.05) is 38.4 Å². The first-order valence-corrected chi connectivity index (χ1v) is 7.52. The summed E-state index contributed by atoms with van der Waals surface area (Å²) in [7, 11) is -1.12. The van der Waals surface area contributed by atoms with Crippen LogP contribution in [0.5, 0.6) is 5.88 Å². The van der Waals surface area contributed by atoms with Crippen LogP contribution in [0.1, 0.15) is 5.69 Å². The normalized spacial score (nSPS) is 19.7. The van der Waals surface area contributed by atoms with E-state index in [1.807, 2.05) is 16.3 Å². The number of aryl methyl sites for hydroxylation is 1. The van der Waals surface area contributed by atoms with Gasteiger partial charge in [-0.2, -0.15) is 4.98 Å². The topological polar surface area (TPSA) is 70.1 Å². The lowest BCUT2D eigenvalue weighted by molar-refractivity contribution is 0.397. The van der Waals surface area contributed by atoms with E-state index < -0.39 is 7.59 Å². The summed E-state index contributed by atoms with van der Waals surface area (Å²) in [6.45, 7) is 5.32. The first kappa shape index (κ1) is 11.9. The smallest absolute Gasteiger partial charge is 0.311 e. The summed E-state index contributed by atoms with van der Waals surface area (Å²) in [6.07, 6.45) is 0. The summed E-state index contributed by atoms with van der Waals surface area (Å²) in [5.74, 6) is 0.849. The molecule has 1 aromatic rings. The fraction of sp³-hybridized carbons (Fsp3) is 0.600. The van der Waals surface area contributed by atoms with Gasteiger partial charge in [0.1, 0.15) is 0 Å². The number of ether oxygens (including phenoxy) is 1. The monoisotopic (exact) mass is 269 g/mol. The molecule has 1 N–H and O–H groups in total. The molecular formula is C10H16N5O2P. The maximum absolute atomic E-state index is 12.8. The maximum Gasteiger partial charge on any atom is 0.311 e. The minimum absolute atomic E-state index is 0.369. The Morgan fingerprint density at radius 1 is 1.28 bits per heavy atom. The quantitative estimate of drug-likeness (QED) is 0.630. The van der Waals surface area contributed by atoms with E-state index in [-0.39, 0.29) is 0 Å². The van der Waals surface area contributed by atoms with Gasteiger partial charge in [-0.25, -0.2) is 14.3 Å². The zero-order chi connectivity index (χ0) is 12.8. The first-order valence-electron chi connectivity index (χ1n) is 5.91. The third-order valence-electron chi connectivity index (χ3n) is 2.90. The van der Waals surface area contributed by atoms with Crippen molar-refractivity contribution in [1.29, 1.82) is 0 Å². The number of hydrogen-bond donors (Lipinski definition) is 1. The molecule has 0 aliphatic carbocycles. The third-order valence-corrected chi connectivity index (χ3v) is 5.72. The average molecular weight is 269 g/mol. The van der Waals surface area contributed by atoms with E-state index in [0.717, 1.165) is 31.9 Å². The molecule has 3 rings (SSSR count). The van der Waals surface area contributed by atoms with E-state index in [1.165, 1.54) is 0 Å². The van der Waals surface area contributed by atoms with Crippen molar-refractivity contribution in [1.82, 2.24) is 19.3 Å². The van der Waals surface area contributed by atoms with Crippen molar-refractivity contribution in [3.63, 3.8) is 0 Å². The standard InChI is InChI=1S/C10H16N5O2P/c1-8-7-9(17-2)12-10(11-8)13-18(16,14-3-4-14)15-5-6-15/h7H,3-6H2,1-2H3,(H,11,12,13,16). The van der Waals surface area contributed by atoms with Gasteiger partial charge in [0.15, 0.2) is 0 Å². The lowest BCUT2D eigenvalue weighted by Crippen LogP contribution is -2.14. The number of methoxy groups -OCH3 is 1. The molecule has 2 aliphatic heterocycles. The Kier molecular flexibility index (Phi) is 2.77. The molecule has 0 atom stereocenters. The van der Waals surface area contributed by atoms with Gasteiger partial charge in [0, 0.05) is 37.9 Å². The molecule has 2 aliphatic rings. The van der Waals surface area contributed by atoms with Crippen LogP contribution in [0.2, 0.25) is 0 Å². The summed E-state index contributed by atoms with van der Waals surface area (Å²) in [5.41, 5.74) is 0.785. The summed E-state index contributed by atoms with van der Waals surface area (Å²) >= 11 is 0. The molecule has 0 unspecified atom stereocenters. The predicted octanol–water partition coefficient (Wildman–Crippen LogP) is 0.945. The second kappa shape index (κ2) is 4.19. The molecule has 18 heavy (non-hydrogen) atoms. The molecule has 2 fully saturated rings. The molecule has 3 heterocycles. The Morgan fingerprint density at radius 2 is 1.89 bits per heavy atom. The van der Waals surface area contributed by atoms with E-state index in [2.05, 4.69) is 15.1 Å². The lowest BCUT2D eigenvalue weighted by atomic mass is 10.4. The van der Waals surface area contributed by atoms with Crippen molar-refractivity contribution >= 4 is 13.5 Å². The van der Waals surface area contributed by atoms with E-state index in [0.29, 0.717) is 11.8 Å². The van der Waals surface area contributed by atoms with Crippen molar-refractivity contribution in [2.45, 2.75) is 6.92 Å². The number of aromatic nitrogens is 2. The summed E-state index contributed by atoms with van der Waals surface area (Å²) in [4.78, 5) is 8.45. The van der Waals surface area contributed by atoms with Crippen LogP contribution >= 0.6 is 7.59 Å². The Morgan fingerprint density at radius 3 is 2.39 bits per heavy atom. The van der Waals surface area contributed by atoms with Gasteiger partial charge in [0.05, 0.1) is 7.11 Å². The van der Waals surface area contributed by atoms with Crippen LogP contribution in [-0.2, 0) is 4.57 Å². The Bertz CT molecular complexity index is 499. The van der Waals surface area contributed by atoms with Crippen molar-refractivity contribution in [3.8, 4) is 5.88 Å². The third kappa shape index (κ3) is 2.21. The van der Waals surface area contributed by atoms with E-state index in [1.54, 1.807) is 13.2 Å². The van der Waals surface area contributed by atoms with Gasteiger partial charge in [-0.05, 0) is 6.92 Å². The SMILES string of the molecule is COc1cc(C)nc(NP(=O)(N2CC2)N2CC2)n1. The van der Waals surface area contributed by atoms with Gasteiger partial charge >= 0.3 is 7.59 Å². The second-order valence-electron chi connectivity index (χ2n) is 4.44. The van der Waals surface area contributed by atoms with Crippen molar-refractivity contribution in [2.24, 2.45) is 0 Å². The molecule has 0 aromatic carbocycles. The van der Waals surface area contributed by atoms with Crippen LogP contribution < -0.4 is 9.82 Å². The van der Waals surface area contributed by atoms with E-state index >= 15 is 0 Å². The molecular weight excluding hydrogens is 253 g/mol. The second-order valence-corrected chi connectivity index (χ2v) is 6.88. The van der Waals surface area contributed by atoms with Gasteiger partial charge in [-0.3, -0.25) is 9.65 Å². The zero-order valence-electron chi connectivity index (χ0n) is 10.5. The fourth-order valence-corrected chi connectivity index (χ4v) is 4.04. The minimum Gasteiger partial charge on any atom is -0.481 e. The van der Waals surface area contributed by atoms with Gasteiger partial charge < -0.3 is 4.74 Å². The van der Waals surface area contributed by atoms with Crippen LogP contribution in [0.15, 0.2) is 6.07 Å². The molecule has 7 nitrogen and oxygen atoms in total. The van der Waals surface area contributed by atoms with Crippen molar-refractivity contribution < 1.29 is 9.30 Å². The van der Waals surface area contributed by atoms with Crippen LogP contribution in [0.4, 0.5) is 5.95 Å². The number of nitrogens with one attached hydrogen (secondary N) is 1. The lowest BCUT2D eigenvalue weighted by Gasteiger charge is -2.21. The number of nitrogens with zero attached hydrogens (tertiary/aromatic N) is 4. The van der Waals surface area contributed by atoms with Gasteiger partial charge in [-0.15, -0.1) is 0 Å². The Hall–Kier alpha value is -1.17. The summed E-state index contributed by atoms with van der Waals surface area (Å²) in [5, 5.41) is 3.00. The molecule has 0 spiro atoms. The summed E-state index contributed by atoms with van der Waals surface area (Å²) < 4.78 is 21.8. The van der Waals surface area contributed by atoms with Gasteiger partial charge in [-0.1, -0.05) is 0 Å². The van der Waals surface area contributed by atoms with Crippen LogP contribution in [-0.4, -0.2) is 52.6 Å². The Labute approximate surface area is 106 Å². The largest absolute Gasteiger partial charge is 0.481 e. The van der Waals surface area contributed by atoms with Crippen LogP contribution in [0.3, 0.4) is 0 Å².